The standard InChI is InChI=1S/C23H23BrF4N4OS/c1-22(2,3)32-21(15-7-6-14(25)10-18(15)24)16(11-30-32)20(13-4-5-13)31-34(33)19-12-29-9-8-17(19)23(26,27)28/h6-13,20,31H,4-5H2,1-3H3/t20-,34?/m1/s1. The number of aromatic nitrogens is 3. The Labute approximate surface area is 205 Å². The van der Waals surface area contributed by atoms with Gasteiger partial charge in [0.1, 0.15) is 16.8 Å². The summed E-state index contributed by atoms with van der Waals surface area (Å²) >= 11 is 3.43. The van der Waals surface area contributed by atoms with Crippen molar-refractivity contribution in [1.82, 2.24) is 19.5 Å². The van der Waals surface area contributed by atoms with Crippen LogP contribution in [-0.4, -0.2) is 19.0 Å². The molecule has 4 rings (SSSR count). The van der Waals surface area contributed by atoms with Crippen molar-refractivity contribution in [2.24, 2.45) is 5.92 Å². The molecule has 0 spiro atoms. The number of halogens is 5. The predicted molar refractivity (Wildman–Crippen MR) is 125 cm³/mol. The molecule has 0 radical (unpaired) electrons. The molecular formula is C23H23BrF4N4OS. The number of hydrogen-bond donors (Lipinski definition) is 1. The van der Waals surface area contributed by atoms with E-state index in [1.54, 1.807) is 16.9 Å². The minimum absolute atomic E-state index is 0.0746. The number of nitrogens with one attached hydrogen (secondary N) is 1. The lowest BCUT2D eigenvalue weighted by Crippen LogP contribution is -2.28. The molecule has 0 amide bonds. The maximum Gasteiger partial charge on any atom is 0.417 e. The summed E-state index contributed by atoms with van der Waals surface area (Å²) in [4.78, 5) is 3.33. The Hall–Kier alpha value is -2.11. The molecule has 1 unspecified atom stereocenters. The first-order chi connectivity index (χ1) is 15.9. The van der Waals surface area contributed by atoms with Crippen molar-refractivity contribution in [1.29, 1.82) is 0 Å². The zero-order valence-corrected chi connectivity index (χ0v) is 21.1. The van der Waals surface area contributed by atoms with Gasteiger partial charge in [-0.3, -0.25) is 9.67 Å². The van der Waals surface area contributed by atoms with Crippen LogP contribution in [0.1, 0.15) is 50.8 Å². The highest BCUT2D eigenvalue weighted by atomic mass is 79.9. The molecule has 2 heterocycles. The molecule has 1 N–H and O–H groups in total. The molecule has 5 nitrogen and oxygen atoms in total. The van der Waals surface area contributed by atoms with Crippen LogP contribution >= 0.6 is 15.9 Å². The largest absolute Gasteiger partial charge is 0.417 e. The number of alkyl halides is 3. The first-order valence-electron chi connectivity index (χ1n) is 10.6. The van der Waals surface area contributed by atoms with Gasteiger partial charge in [0, 0.05) is 28.0 Å². The number of pyridine rings is 1. The molecule has 34 heavy (non-hydrogen) atoms. The van der Waals surface area contributed by atoms with Gasteiger partial charge in [0.15, 0.2) is 0 Å². The molecule has 2 aromatic heterocycles. The van der Waals surface area contributed by atoms with Crippen LogP contribution in [-0.2, 0) is 22.7 Å². The fraction of sp³-hybridized carbons (Fsp3) is 0.391. The van der Waals surface area contributed by atoms with E-state index in [0.29, 0.717) is 21.3 Å². The second-order valence-corrected chi connectivity index (χ2v) is 11.3. The third kappa shape index (κ3) is 5.11. The Kier molecular flexibility index (Phi) is 6.73. The zero-order chi connectivity index (χ0) is 24.8. The van der Waals surface area contributed by atoms with Crippen LogP contribution in [0.2, 0.25) is 0 Å². The SMILES string of the molecule is CC(C)(C)n1ncc([C@H](NS(=O)c2cnccc2C(F)(F)F)C2CC2)c1-c1ccc(F)cc1Br. The first-order valence-corrected chi connectivity index (χ1v) is 12.5. The van der Waals surface area contributed by atoms with E-state index in [1.165, 1.54) is 12.1 Å². The topological polar surface area (TPSA) is 59.8 Å². The summed E-state index contributed by atoms with van der Waals surface area (Å²) in [6, 6.07) is 4.62. The lowest BCUT2D eigenvalue weighted by atomic mass is 9.98. The predicted octanol–water partition coefficient (Wildman–Crippen LogP) is 6.38. The van der Waals surface area contributed by atoms with Gasteiger partial charge in [-0.15, -0.1) is 0 Å². The average molecular weight is 559 g/mol. The summed E-state index contributed by atoms with van der Waals surface area (Å²) in [6.45, 7) is 5.90. The molecule has 1 fully saturated rings. The van der Waals surface area contributed by atoms with Crippen LogP contribution in [0.5, 0.6) is 0 Å². The van der Waals surface area contributed by atoms with E-state index in [-0.39, 0.29) is 5.92 Å². The molecular weight excluding hydrogens is 536 g/mol. The minimum Gasteiger partial charge on any atom is -0.263 e. The van der Waals surface area contributed by atoms with Crippen molar-refractivity contribution in [2.75, 3.05) is 0 Å². The maximum atomic E-state index is 13.8. The first kappa shape index (κ1) is 25.0. The van der Waals surface area contributed by atoms with Crippen molar-refractivity contribution >= 4 is 26.9 Å². The van der Waals surface area contributed by atoms with Gasteiger partial charge in [0.05, 0.1) is 33.9 Å². The van der Waals surface area contributed by atoms with Gasteiger partial charge in [-0.05, 0) is 79.7 Å². The Bertz CT molecular complexity index is 1230. The van der Waals surface area contributed by atoms with Gasteiger partial charge >= 0.3 is 6.18 Å². The van der Waals surface area contributed by atoms with Gasteiger partial charge < -0.3 is 0 Å². The van der Waals surface area contributed by atoms with E-state index in [9.17, 15) is 21.8 Å². The maximum absolute atomic E-state index is 13.8. The quantitative estimate of drug-likeness (QED) is 0.357. The number of rotatable bonds is 6. The smallest absolute Gasteiger partial charge is 0.263 e. The highest BCUT2D eigenvalue weighted by molar-refractivity contribution is 9.10. The highest BCUT2D eigenvalue weighted by Crippen LogP contribution is 2.46. The van der Waals surface area contributed by atoms with E-state index in [0.717, 1.165) is 31.3 Å². The van der Waals surface area contributed by atoms with Gasteiger partial charge in [0.25, 0.3) is 0 Å². The Morgan fingerprint density at radius 3 is 2.47 bits per heavy atom. The molecule has 1 saturated carbocycles. The van der Waals surface area contributed by atoms with Gasteiger partial charge in [-0.1, -0.05) is 0 Å². The van der Waals surface area contributed by atoms with Crippen molar-refractivity contribution in [2.45, 2.75) is 56.3 Å². The number of hydrogen-bond acceptors (Lipinski definition) is 3. The Balaban J connectivity index is 1.80. The second-order valence-electron chi connectivity index (χ2n) is 9.23. The van der Waals surface area contributed by atoms with E-state index in [4.69, 9.17) is 0 Å². The van der Waals surface area contributed by atoms with Crippen LogP contribution in [0.3, 0.4) is 0 Å². The van der Waals surface area contributed by atoms with E-state index in [2.05, 4.69) is 30.7 Å². The van der Waals surface area contributed by atoms with Gasteiger partial charge in [-0.25, -0.2) is 13.3 Å². The lowest BCUT2D eigenvalue weighted by molar-refractivity contribution is -0.139. The van der Waals surface area contributed by atoms with E-state index < -0.39 is 45.0 Å². The number of nitrogens with zero attached hydrogens (tertiary/aromatic N) is 3. The van der Waals surface area contributed by atoms with Crippen molar-refractivity contribution < 1.29 is 21.8 Å². The minimum atomic E-state index is -4.66. The Morgan fingerprint density at radius 1 is 1.18 bits per heavy atom. The third-order valence-corrected chi connectivity index (χ3v) is 7.42. The molecule has 1 aliphatic rings. The molecule has 11 heteroatoms. The normalized spacial score (nSPS) is 16.5. The highest BCUT2D eigenvalue weighted by Gasteiger charge is 2.40. The fourth-order valence-corrected chi connectivity index (χ4v) is 5.59. The molecule has 1 aliphatic carbocycles. The summed E-state index contributed by atoms with van der Waals surface area (Å²) in [5.41, 5.74) is 0.620. The molecule has 182 valence electrons. The van der Waals surface area contributed by atoms with Crippen LogP contribution in [0.25, 0.3) is 11.3 Å². The third-order valence-electron chi connectivity index (χ3n) is 5.57. The zero-order valence-electron chi connectivity index (χ0n) is 18.7. The molecule has 0 aliphatic heterocycles. The van der Waals surface area contributed by atoms with Crippen molar-refractivity contribution in [3.8, 4) is 11.3 Å². The van der Waals surface area contributed by atoms with Crippen LogP contribution in [0, 0.1) is 11.7 Å². The Morgan fingerprint density at radius 2 is 1.88 bits per heavy atom. The van der Waals surface area contributed by atoms with Crippen LogP contribution in [0.4, 0.5) is 17.6 Å². The van der Waals surface area contributed by atoms with Crippen LogP contribution < -0.4 is 4.72 Å². The van der Waals surface area contributed by atoms with E-state index >= 15 is 0 Å². The summed E-state index contributed by atoms with van der Waals surface area (Å²) in [5, 5.41) is 4.57. The summed E-state index contributed by atoms with van der Waals surface area (Å²) in [5.74, 6) is -0.334. The molecule has 2 atom stereocenters. The summed E-state index contributed by atoms with van der Waals surface area (Å²) in [7, 11) is -2.18. The fourth-order valence-electron chi connectivity index (χ4n) is 3.83. The molecule has 1 aromatic carbocycles. The van der Waals surface area contributed by atoms with Crippen LogP contribution in [0.15, 0.2) is 52.2 Å². The van der Waals surface area contributed by atoms with Gasteiger partial charge in [-0.2, -0.15) is 18.3 Å². The lowest BCUT2D eigenvalue weighted by Gasteiger charge is -2.25. The monoisotopic (exact) mass is 558 g/mol. The second kappa shape index (κ2) is 9.16. The van der Waals surface area contributed by atoms with Gasteiger partial charge in [0.2, 0.25) is 0 Å². The molecule has 0 saturated heterocycles. The summed E-state index contributed by atoms with van der Waals surface area (Å²) < 4.78 is 72.7. The summed E-state index contributed by atoms with van der Waals surface area (Å²) in [6.07, 6.45) is 0.659. The molecule has 3 aromatic rings. The van der Waals surface area contributed by atoms with Crippen molar-refractivity contribution in [3.63, 3.8) is 0 Å². The average Bonchev–Trinajstić information content (AvgIpc) is 3.48. The number of benzene rings is 1. The van der Waals surface area contributed by atoms with E-state index in [1.807, 2.05) is 20.8 Å². The van der Waals surface area contributed by atoms with Crippen molar-refractivity contribution in [3.05, 3.63) is 64.3 Å². The molecule has 0 bridgehead atoms.